The molecular formula is C23H21IN2O8S. The Morgan fingerprint density at radius 3 is 2.69 bits per heavy atom. The number of benzene rings is 2. The first-order valence-electron chi connectivity index (χ1n) is 10.3. The number of methoxy groups -OCH3 is 1. The van der Waals surface area contributed by atoms with Crippen LogP contribution >= 0.6 is 34.4 Å². The van der Waals surface area contributed by atoms with E-state index in [-0.39, 0.29) is 23.8 Å². The van der Waals surface area contributed by atoms with Crippen LogP contribution in [0.5, 0.6) is 11.5 Å². The van der Waals surface area contributed by atoms with Crippen molar-refractivity contribution in [3.63, 3.8) is 0 Å². The predicted molar refractivity (Wildman–Crippen MR) is 137 cm³/mol. The number of thioether (sulfide) groups is 1. The average molecular weight is 612 g/mol. The van der Waals surface area contributed by atoms with Crippen molar-refractivity contribution in [2.24, 2.45) is 0 Å². The van der Waals surface area contributed by atoms with Gasteiger partial charge >= 0.3 is 5.97 Å². The van der Waals surface area contributed by atoms with Gasteiger partial charge in [-0.25, -0.2) is 4.79 Å². The number of halogens is 1. The highest BCUT2D eigenvalue weighted by Crippen LogP contribution is 2.38. The van der Waals surface area contributed by atoms with Crippen molar-refractivity contribution < 1.29 is 33.5 Å². The van der Waals surface area contributed by atoms with E-state index in [9.17, 15) is 24.5 Å². The van der Waals surface area contributed by atoms with Gasteiger partial charge in [-0.05, 0) is 77.5 Å². The second kappa shape index (κ2) is 11.5. The van der Waals surface area contributed by atoms with Crippen molar-refractivity contribution >= 4 is 63.2 Å². The third-order valence-electron chi connectivity index (χ3n) is 4.89. The van der Waals surface area contributed by atoms with Crippen molar-refractivity contribution in [2.45, 2.75) is 26.5 Å². The lowest BCUT2D eigenvalue weighted by atomic mass is 10.1. The molecule has 0 unspecified atom stereocenters. The number of imide groups is 1. The molecule has 1 heterocycles. The number of rotatable bonds is 9. The van der Waals surface area contributed by atoms with Gasteiger partial charge in [-0.2, -0.15) is 0 Å². The summed E-state index contributed by atoms with van der Waals surface area (Å²) in [4.78, 5) is 48.8. The van der Waals surface area contributed by atoms with Crippen LogP contribution in [-0.2, 0) is 20.9 Å². The second-order valence-corrected chi connectivity index (χ2v) is 9.38. The lowest BCUT2D eigenvalue weighted by Gasteiger charge is -2.19. The van der Waals surface area contributed by atoms with Gasteiger partial charge in [0.2, 0.25) is 0 Å². The van der Waals surface area contributed by atoms with Crippen molar-refractivity contribution in [2.75, 3.05) is 13.7 Å². The first-order valence-corrected chi connectivity index (χ1v) is 12.2. The van der Waals surface area contributed by atoms with Gasteiger partial charge < -0.3 is 14.2 Å². The minimum absolute atomic E-state index is 0.0330. The number of carbonyl (C=O) groups is 3. The largest absolute Gasteiger partial charge is 0.493 e. The maximum atomic E-state index is 12.8. The van der Waals surface area contributed by atoms with Crippen LogP contribution in [0.2, 0.25) is 0 Å². The van der Waals surface area contributed by atoms with E-state index in [4.69, 9.17) is 14.2 Å². The van der Waals surface area contributed by atoms with Gasteiger partial charge in [-0.3, -0.25) is 24.6 Å². The van der Waals surface area contributed by atoms with Crippen LogP contribution < -0.4 is 9.47 Å². The zero-order valence-corrected chi connectivity index (χ0v) is 22.0. The molecule has 2 aromatic carbocycles. The Hall–Kier alpha value is -3.13. The minimum atomic E-state index is -1.03. The monoisotopic (exact) mass is 612 g/mol. The molecule has 2 amide bonds. The van der Waals surface area contributed by atoms with Crippen LogP contribution in [0.25, 0.3) is 6.08 Å². The normalized spacial score (nSPS) is 15.3. The van der Waals surface area contributed by atoms with E-state index in [1.54, 1.807) is 31.2 Å². The standard InChI is InChI=1S/C23H21IN2O8S/c1-4-33-22(28)13(2)25-21(27)19(35-23(25)29)11-15-9-17(24)20(18(10-15)32-3)34-12-14-6-5-7-16(8-14)26(30)31/h5-11,13H,4,12H2,1-3H3/b19-11+/t13-/m0/s1. The molecule has 35 heavy (non-hydrogen) atoms. The number of nitrogens with zero attached hydrogens (tertiary/aromatic N) is 2. The molecule has 184 valence electrons. The summed E-state index contributed by atoms with van der Waals surface area (Å²) in [5.74, 6) is -0.425. The number of esters is 1. The Morgan fingerprint density at radius 2 is 2.03 bits per heavy atom. The van der Waals surface area contributed by atoms with E-state index >= 15 is 0 Å². The number of amides is 2. The Labute approximate surface area is 218 Å². The molecule has 0 radical (unpaired) electrons. The van der Waals surface area contributed by atoms with Gasteiger partial charge in [-0.15, -0.1) is 0 Å². The molecule has 0 saturated carbocycles. The molecule has 1 saturated heterocycles. The molecule has 0 aromatic heterocycles. The first kappa shape index (κ1) is 26.5. The number of nitro groups is 1. The molecule has 1 fully saturated rings. The highest BCUT2D eigenvalue weighted by Gasteiger charge is 2.41. The van der Waals surface area contributed by atoms with Crippen LogP contribution in [0.3, 0.4) is 0 Å². The van der Waals surface area contributed by atoms with Crippen LogP contribution in [0.15, 0.2) is 41.3 Å². The molecule has 1 atom stereocenters. The molecular weight excluding hydrogens is 591 g/mol. The highest BCUT2D eigenvalue weighted by atomic mass is 127. The zero-order valence-electron chi connectivity index (χ0n) is 19.0. The quantitative estimate of drug-likeness (QED) is 0.129. The molecule has 0 aliphatic carbocycles. The maximum Gasteiger partial charge on any atom is 0.329 e. The predicted octanol–water partition coefficient (Wildman–Crippen LogP) is 4.77. The Kier molecular flexibility index (Phi) is 8.72. The van der Waals surface area contributed by atoms with Gasteiger partial charge in [-0.1, -0.05) is 12.1 Å². The van der Waals surface area contributed by atoms with E-state index < -0.39 is 28.1 Å². The lowest BCUT2D eigenvalue weighted by Crippen LogP contribution is -2.42. The van der Waals surface area contributed by atoms with E-state index in [2.05, 4.69) is 22.6 Å². The van der Waals surface area contributed by atoms with E-state index in [0.717, 1.165) is 16.7 Å². The summed E-state index contributed by atoms with van der Waals surface area (Å²) in [6.07, 6.45) is 1.54. The summed E-state index contributed by atoms with van der Waals surface area (Å²) in [7, 11) is 1.46. The molecule has 3 rings (SSSR count). The molecule has 12 heteroatoms. The molecule has 0 spiro atoms. The van der Waals surface area contributed by atoms with Gasteiger partial charge in [0.25, 0.3) is 16.8 Å². The molecule has 2 aromatic rings. The number of hydrogen-bond donors (Lipinski definition) is 0. The van der Waals surface area contributed by atoms with E-state index in [1.807, 2.05) is 0 Å². The minimum Gasteiger partial charge on any atom is -0.493 e. The average Bonchev–Trinajstić information content (AvgIpc) is 3.10. The Bertz CT molecular complexity index is 1220. The van der Waals surface area contributed by atoms with Crippen LogP contribution in [0.1, 0.15) is 25.0 Å². The van der Waals surface area contributed by atoms with Crippen molar-refractivity contribution in [1.82, 2.24) is 4.90 Å². The smallest absolute Gasteiger partial charge is 0.329 e. The lowest BCUT2D eigenvalue weighted by molar-refractivity contribution is -0.384. The summed E-state index contributed by atoms with van der Waals surface area (Å²) in [5.41, 5.74) is 1.17. The number of hydrogen-bond acceptors (Lipinski definition) is 9. The van der Waals surface area contributed by atoms with E-state index in [0.29, 0.717) is 26.2 Å². The third kappa shape index (κ3) is 6.11. The summed E-state index contributed by atoms with van der Waals surface area (Å²) in [6.45, 7) is 3.31. The molecule has 0 N–H and O–H groups in total. The van der Waals surface area contributed by atoms with Crippen molar-refractivity contribution in [1.29, 1.82) is 0 Å². The molecule has 1 aliphatic rings. The van der Waals surface area contributed by atoms with Gasteiger partial charge in [0.1, 0.15) is 12.6 Å². The fourth-order valence-electron chi connectivity index (χ4n) is 3.21. The summed E-state index contributed by atoms with van der Waals surface area (Å²) < 4.78 is 16.9. The van der Waals surface area contributed by atoms with E-state index in [1.165, 1.54) is 32.2 Å². The maximum absolute atomic E-state index is 12.8. The van der Waals surface area contributed by atoms with Gasteiger partial charge in [0, 0.05) is 12.1 Å². The third-order valence-corrected chi connectivity index (χ3v) is 6.58. The number of carbonyl (C=O) groups excluding carboxylic acids is 3. The fourth-order valence-corrected chi connectivity index (χ4v) is 4.90. The van der Waals surface area contributed by atoms with Gasteiger partial charge in [0.05, 0.1) is 27.1 Å². The molecule has 0 bridgehead atoms. The van der Waals surface area contributed by atoms with Crippen LogP contribution in [0, 0.1) is 13.7 Å². The van der Waals surface area contributed by atoms with Gasteiger partial charge in [0.15, 0.2) is 11.5 Å². The SMILES string of the molecule is CCOC(=O)[C@H](C)N1C(=O)S/C(=C/c2cc(I)c(OCc3cccc([N+](=O)[O-])c3)c(OC)c2)C1=O. The number of ether oxygens (including phenoxy) is 3. The number of nitro benzene ring substituents is 1. The van der Waals surface area contributed by atoms with Crippen molar-refractivity contribution in [3.8, 4) is 11.5 Å². The Balaban J connectivity index is 1.82. The highest BCUT2D eigenvalue weighted by molar-refractivity contribution is 14.1. The van der Waals surface area contributed by atoms with Crippen LogP contribution in [-0.4, -0.2) is 46.7 Å². The summed E-state index contributed by atoms with van der Waals surface area (Å²) >= 11 is 2.79. The second-order valence-electron chi connectivity index (χ2n) is 7.23. The van der Waals surface area contributed by atoms with Crippen LogP contribution in [0.4, 0.5) is 10.5 Å². The first-order chi connectivity index (χ1) is 16.7. The summed E-state index contributed by atoms with van der Waals surface area (Å²) in [5, 5.41) is 10.4. The molecule has 1 aliphatic heterocycles. The zero-order chi connectivity index (χ0) is 25.7. The number of non-ortho nitro benzene ring substituents is 1. The Morgan fingerprint density at radius 1 is 1.29 bits per heavy atom. The molecule has 10 nitrogen and oxygen atoms in total. The van der Waals surface area contributed by atoms with Crippen molar-refractivity contribution in [3.05, 3.63) is 66.1 Å². The topological polar surface area (TPSA) is 125 Å². The summed E-state index contributed by atoms with van der Waals surface area (Å²) in [6, 6.07) is 8.49. The fraction of sp³-hybridized carbons (Fsp3) is 0.261.